The van der Waals surface area contributed by atoms with Gasteiger partial charge in [0.05, 0.1) is 6.04 Å². The SMILES string of the molecule is O=C(N[C@H]1CCCC(F)(F)[C@@H]1O)c1cc2ccccc2c(=O)[nH]1. The second kappa shape index (κ2) is 5.73. The lowest BCUT2D eigenvalue weighted by Crippen LogP contribution is -2.54. The van der Waals surface area contributed by atoms with Gasteiger partial charge in [-0.15, -0.1) is 0 Å². The first-order valence-corrected chi connectivity index (χ1v) is 7.37. The van der Waals surface area contributed by atoms with Crippen molar-refractivity contribution >= 4 is 16.7 Å². The summed E-state index contributed by atoms with van der Waals surface area (Å²) in [6.45, 7) is 0. The zero-order valence-corrected chi connectivity index (χ0v) is 12.2. The minimum Gasteiger partial charge on any atom is -0.385 e. The summed E-state index contributed by atoms with van der Waals surface area (Å²) in [5.41, 5.74) is -0.447. The molecule has 5 nitrogen and oxygen atoms in total. The van der Waals surface area contributed by atoms with Gasteiger partial charge in [-0.3, -0.25) is 9.59 Å². The van der Waals surface area contributed by atoms with E-state index in [1.807, 2.05) is 0 Å². The smallest absolute Gasteiger partial charge is 0.275 e. The van der Waals surface area contributed by atoms with Gasteiger partial charge in [-0.1, -0.05) is 18.2 Å². The second-order valence-corrected chi connectivity index (χ2v) is 5.78. The number of H-pyrrole nitrogens is 1. The Morgan fingerprint density at radius 2 is 2.09 bits per heavy atom. The maximum atomic E-state index is 13.5. The molecule has 7 heteroatoms. The van der Waals surface area contributed by atoms with E-state index in [2.05, 4.69) is 10.3 Å². The summed E-state index contributed by atoms with van der Waals surface area (Å²) in [5.74, 6) is -3.90. The van der Waals surface area contributed by atoms with Gasteiger partial charge in [0.25, 0.3) is 17.4 Å². The van der Waals surface area contributed by atoms with Crippen molar-refractivity contribution in [2.45, 2.75) is 37.3 Å². The van der Waals surface area contributed by atoms with E-state index in [4.69, 9.17) is 0 Å². The second-order valence-electron chi connectivity index (χ2n) is 5.78. The number of fused-ring (bicyclic) bond motifs is 1. The van der Waals surface area contributed by atoms with Crippen LogP contribution in [-0.2, 0) is 0 Å². The first kappa shape index (κ1) is 15.6. The van der Waals surface area contributed by atoms with Gasteiger partial charge in [-0.25, -0.2) is 8.78 Å². The van der Waals surface area contributed by atoms with Gasteiger partial charge in [-0.2, -0.15) is 0 Å². The molecule has 0 radical (unpaired) electrons. The molecule has 0 spiro atoms. The van der Waals surface area contributed by atoms with Crippen LogP contribution in [0.25, 0.3) is 10.8 Å². The predicted molar refractivity (Wildman–Crippen MR) is 80.6 cm³/mol. The number of hydrogen-bond donors (Lipinski definition) is 3. The lowest BCUT2D eigenvalue weighted by molar-refractivity contribution is -0.141. The molecule has 1 aliphatic carbocycles. The third-order valence-electron chi connectivity index (χ3n) is 4.15. The van der Waals surface area contributed by atoms with Gasteiger partial charge < -0.3 is 15.4 Å². The first-order valence-electron chi connectivity index (χ1n) is 7.37. The molecule has 3 rings (SSSR count). The zero-order valence-electron chi connectivity index (χ0n) is 12.2. The number of benzene rings is 1. The molecule has 3 N–H and O–H groups in total. The van der Waals surface area contributed by atoms with Crippen molar-refractivity contribution in [2.24, 2.45) is 0 Å². The van der Waals surface area contributed by atoms with Crippen molar-refractivity contribution < 1.29 is 18.7 Å². The van der Waals surface area contributed by atoms with Crippen molar-refractivity contribution in [3.8, 4) is 0 Å². The number of aromatic amines is 1. The molecule has 1 fully saturated rings. The summed E-state index contributed by atoms with van der Waals surface area (Å²) in [7, 11) is 0. The molecular formula is C16H16F2N2O3. The Morgan fingerprint density at radius 3 is 2.87 bits per heavy atom. The third kappa shape index (κ3) is 2.96. The van der Waals surface area contributed by atoms with Crippen molar-refractivity contribution in [2.75, 3.05) is 0 Å². The van der Waals surface area contributed by atoms with E-state index >= 15 is 0 Å². The quantitative estimate of drug-likeness (QED) is 0.788. The molecule has 1 aliphatic rings. The van der Waals surface area contributed by atoms with E-state index in [1.165, 1.54) is 6.07 Å². The first-order chi connectivity index (χ1) is 10.9. The maximum Gasteiger partial charge on any atom is 0.275 e. The van der Waals surface area contributed by atoms with Gasteiger partial charge in [-0.05, 0) is 30.4 Å². The predicted octanol–water partition coefficient (Wildman–Crippen LogP) is 1.81. The molecule has 2 aromatic rings. The molecule has 122 valence electrons. The van der Waals surface area contributed by atoms with Crippen LogP contribution in [0.15, 0.2) is 35.1 Å². The highest BCUT2D eigenvalue weighted by molar-refractivity contribution is 5.96. The van der Waals surface area contributed by atoms with Gasteiger partial charge >= 0.3 is 0 Å². The number of alkyl halides is 2. The van der Waals surface area contributed by atoms with Crippen LogP contribution in [0.1, 0.15) is 29.8 Å². The Kier molecular flexibility index (Phi) is 3.89. The number of rotatable bonds is 2. The normalized spacial score (nSPS) is 23.6. The van der Waals surface area contributed by atoms with Crippen molar-refractivity contribution in [3.63, 3.8) is 0 Å². The number of pyridine rings is 1. The Morgan fingerprint density at radius 1 is 1.35 bits per heavy atom. The number of amides is 1. The van der Waals surface area contributed by atoms with Gasteiger partial charge in [0.15, 0.2) is 0 Å². The molecule has 2 atom stereocenters. The van der Waals surface area contributed by atoms with E-state index in [0.717, 1.165) is 0 Å². The Labute approximate surface area is 130 Å². The standard InChI is InChI=1S/C16H16F2N2O3/c17-16(18)7-3-6-11(13(16)21)19-15(23)12-8-9-4-1-2-5-10(9)14(22)20-12/h1-2,4-5,8,11,13,21H,3,6-7H2,(H,19,23)(H,20,22)/t11-,13+/m0/s1. The molecular weight excluding hydrogens is 306 g/mol. The van der Waals surface area contributed by atoms with Crippen LogP contribution in [0.3, 0.4) is 0 Å². The van der Waals surface area contributed by atoms with E-state index in [-0.39, 0.29) is 18.5 Å². The fourth-order valence-corrected chi connectivity index (χ4v) is 2.89. The molecule has 1 aromatic carbocycles. The van der Waals surface area contributed by atoms with Crippen molar-refractivity contribution in [1.29, 1.82) is 0 Å². The summed E-state index contributed by atoms with van der Waals surface area (Å²) in [6.07, 6.45) is -1.84. The van der Waals surface area contributed by atoms with Crippen LogP contribution >= 0.6 is 0 Å². The van der Waals surface area contributed by atoms with Crippen LogP contribution in [0.4, 0.5) is 8.78 Å². The topological polar surface area (TPSA) is 82.2 Å². The number of aliphatic hydroxyl groups excluding tert-OH is 1. The molecule has 1 amide bonds. The Hall–Kier alpha value is -2.28. The lowest BCUT2D eigenvalue weighted by Gasteiger charge is -2.34. The van der Waals surface area contributed by atoms with E-state index in [0.29, 0.717) is 10.8 Å². The minimum atomic E-state index is -3.22. The van der Waals surface area contributed by atoms with Crippen LogP contribution in [0.5, 0.6) is 0 Å². The Bertz CT molecular complexity index is 803. The number of nitrogens with one attached hydrogen (secondary N) is 2. The fourth-order valence-electron chi connectivity index (χ4n) is 2.89. The summed E-state index contributed by atoms with van der Waals surface area (Å²) in [5, 5.41) is 13.1. The number of carbonyl (C=O) groups is 1. The lowest BCUT2D eigenvalue weighted by atomic mass is 9.89. The number of aromatic nitrogens is 1. The molecule has 1 aromatic heterocycles. The number of carbonyl (C=O) groups excluding carboxylic acids is 1. The fraction of sp³-hybridized carbons (Fsp3) is 0.375. The van der Waals surface area contributed by atoms with Gasteiger partial charge in [0.2, 0.25) is 0 Å². The summed E-state index contributed by atoms with van der Waals surface area (Å²) in [4.78, 5) is 26.6. The molecule has 0 bridgehead atoms. The number of halogens is 2. The van der Waals surface area contributed by atoms with Gasteiger partial charge in [0, 0.05) is 11.8 Å². The highest BCUT2D eigenvalue weighted by Crippen LogP contribution is 2.33. The third-order valence-corrected chi connectivity index (χ3v) is 4.15. The average molecular weight is 322 g/mol. The summed E-state index contributed by atoms with van der Waals surface area (Å²) >= 11 is 0. The minimum absolute atomic E-state index is 0.0187. The number of aliphatic hydroxyl groups is 1. The van der Waals surface area contributed by atoms with Crippen LogP contribution < -0.4 is 10.9 Å². The van der Waals surface area contributed by atoms with Crippen LogP contribution in [0, 0.1) is 0 Å². The largest absolute Gasteiger partial charge is 0.385 e. The Balaban J connectivity index is 1.85. The van der Waals surface area contributed by atoms with Gasteiger partial charge in [0.1, 0.15) is 11.8 Å². The van der Waals surface area contributed by atoms with Crippen LogP contribution in [-0.4, -0.2) is 34.1 Å². The van der Waals surface area contributed by atoms with E-state index in [1.54, 1.807) is 24.3 Å². The zero-order chi connectivity index (χ0) is 16.6. The average Bonchev–Trinajstić information content (AvgIpc) is 2.51. The molecule has 0 unspecified atom stereocenters. The highest BCUT2D eigenvalue weighted by Gasteiger charge is 2.46. The van der Waals surface area contributed by atoms with Crippen molar-refractivity contribution in [3.05, 3.63) is 46.4 Å². The maximum absolute atomic E-state index is 13.5. The monoisotopic (exact) mass is 322 g/mol. The van der Waals surface area contributed by atoms with E-state index < -0.39 is 36.0 Å². The molecule has 23 heavy (non-hydrogen) atoms. The number of hydrogen-bond acceptors (Lipinski definition) is 3. The summed E-state index contributed by atoms with van der Waals surface area (Å²) in [6, 6.07) is 7.19. The van der Waals surface area contributed by atoms with Crippen LogP contribution in [0.2, 0.25) is 0 Å². The molecule has 1 heterocycles. The van der Waals surface area contributed by atoms with Crippen molar-refractivity contribution in [1.82, 2.24) is 10.3 Å². The van der Waals surface area contributed by atoms with E-state index in [9.17, 15) is 23.5 Å². The molecule has 0 saturated heterocycles. The summed E-state index contributed by atoms with van der Waals surface area (Å²) < 4.78 is 27.0. The molecule has 0 aliphatic heterocycles. The highest BCUT2D eigenvalue weighted by atomic mass is 19.3. The molecule has 1 saturated carbocycles.